The summed E-state index contributed by atoms with van der Waals surface area (Å²) in [6.45, 7) is 2.72. The molecule has 2 aromatic carbocycles. The van der Waals surface area contributed by atoms with E-state index in [1.165, 1.54) is 4.31 Å². The van der Waals surface area contributed by atoms with E-state index in [0.717, 1.165) is 24.0 Å². The Kier molecular flexibility index (Phi) is 6.92. The Morgan fingerprint density at radius 2 is 1.86 bits per heavy atom. The molecule has 1 saturated heterocycles. The van der Waals surface area contributed by atoms with Gasteiger partial charge in [-0.2, -0.15) is 4.31 Å². The van der Waals surface area contributed by atoms with Gasteiger partial charge in [-0.05, 0) is 38.0 Å². The van der Waals surface area contributed by atoms with Crippen LogP contribution in [0.15, 0.2) is 53.4 Å². The summed E-state index contributed by atoms with van der Waals surface area (Å²) in [5, 5.41) is 2.90. The van der Waals surface area contributed by atoms with Gasteiger partial charge < -0.3 is 10.1 Å². The fraction of sp³-hybridized carbons (Fsp3) is 0.409. The Labute approximate surface area is 172 Å². The predicted octanol–water partition coefficient (Wildman–Crippen LogP) is 3.25. The Hall–Kier alpha value is -2.38. The molecule has 1 aliphatic heterocycles. The molecular weight excluding hydrogens is 388 g/mol. The van der Waals surface area contributed by atoms with E-state index in [1.54, 1.807) is 31.4 Å². The van der Waals surface area contributed by atoms with Crippen LogP contribution in [-0.4, -0.2) is 38.3 Å². The molecule has 0 aliphatic carbocycles. The van der Waals surface area contributed by atoms with Gasteiger partial charge >= 0.3 is 0 Å². The van der Waals surface area contributed by atoms with Crippen LogP contribution in [0.25, 0.3) is 0 Å². The highest BCUT2D eigenvalue weighted by atomic mass is 32.2. The highest BCUT2D eigenvalue weighted by Crippen LogP contribution is 2.27. The summed E-state index contributed by atoms with van der Waals surface area (Å²) >= 11 is 0. The van der Waals surface area contributed by atoms with E-state index in [1.807, 2.05) is 31.2 Å². The molecule has 0 bridgehead atoms. The van der Waals surface area contributed by atoms with E-state index >= 15 is 0 Å². The van der Waals surface area contributed by atoms with Gasteiger partial charge in [-0.25, -0.2) is 8.42 Å². The second-order valence-electron chi connectivity index (χ2n) is 7.37. The van der Waals surface area contributed by atoms with Gasteiger partial charge in [0.15, 0.2) is 0 Å². The van der Waals surface area contributed by atoms with E-state index in [2.05, 4.69) is 5.32 Å². The Morgan fingerprint density at radius 3 is 2.59 bits per heavy atom. The Balaban J connectivity index is 1.68. The number of para-hydroxylation sites is 1. The minimum Gasteiger partial charge on any atom is -0.496 e. The molecule has 1 atom stereocenters. The molecule has 0 saturated carbocycles. The molecule has 7 heteroatoms. The quantitative estimate of drug-likeness (QED) is 0.752. The van der Waals surface area contributed by atoms with E-state index < -0.39 is 10.0 Å². The molecule has 156 valence electrons. The molecule has 1 N–H and O–H groups in total. The summed E-state index contributed by atoms with van der Waals surface area (Å²) in [5.41, 5.74) is 1.89. The smallest absolute Gasteiger partial charge is 0.243 e. The molecule has 3 rings (SSSR count). The molecule has 29 heavy (non-hydrogen) atoms. The van der Waals surface area contributed by atoms with Crippen molar-refractivity contribution in [2.45, 2.75) is 50.1 Å². The van der Waals surface area contributed by atoms with Crippen LogP contribution in [0.3, 0.4) is 0 Å². The lowest BCUT2D eigenvalue weighted by atomic mass is 10.0. The van der Waals surface area contributed by atoms with Gasteiger partial charge in [0, 0.05) is 31.1 Å². The molecule has 2 aromatic rings. The van der Waals surface area contributed by atoms with Gasteiger partial charge in [-0.1, -0.05) is 42.3 Å². The maximum Gasteiger partial charge on any atom is 0.243 e. The first-order chi connectivity index (χ1) is 13.9. The number of nitrogens with zero attached hydrogens (tertiary/aromatic N) is 1. The molecule has 6 nitrogen and oxygen atoms in total. The third kappa shape index (κ3) is 5.16. The van der Waals surface area contributed by atoms with Crippen molar-refractivity contribution < 1.29 is 17.9 Å². The van der Waals surface area contributed by atoms with Crippen molar-refractivity contribution in [3.8, 4) is 5.75 Å². The van der Waals surface area contributed by atoms with Crippen molar-refractivity contribution in [1.82, 2.24) is 9.62 Å². The first-order valence-electron chi connectivity index (χ1n) is 9.89. The van der Waals surface area contributed by atoms with Crippen LogP contribution < -0.4 is 10.1 Å². The van der Waals surface area contributed by atoms with Crippen LogP contribution in [0.1, 0.15) is 36.8 Å². The summed E-state index contributed by atoms with van der Waals surface area (Å²) in [4.78, 5) is 12.8. The van der Waals surface area contributed by atoms with Crippen LogP contribution in [0, 0.1) is 6.92 Å². The molecule has 1 fully saturated rings. The molecule has 0 radical (unpaired) electrons. The second kappa shape index (κ2) is 9.41. The maximum absolute atomic E-state index is 13.1. The van der Waals surface area contributed by atoms with E-state index in [-0.39, 0.29) is 23.3 Å². The van der Waals surface area contributed by atoms with Gasteiger partial charge in [-0.3, -0.25) is 4.79 Å². The molecule has 0 spiro atoms. The van der Waals surface area contributed by atoms with Crippen LogP contribution >= 0.6 is 0 Å². The Morgan fingerprint density at radius 1 is 1.14 bits per heavy atom. The molecule has 1 amide bonds. The summed E-state index contributed by atoms with van der Waals surface area (Å²) in [6, 6.07) is 14.0. The zero-order valence-corrected chi connectivity index (χ0v) is 17.7. The summed E-state index contributed by atoms with van der Waals surface area (Å²) in [7, 11) is -2.02. The maximum atomic E-state index is 13.1. The molecular formula is C22H28N2O4S. The van der Waals surface area contributed by atoms with E-state index in [0.29, 0.717) is 25.3 Å². The third-order valence-corrected chi connectivity index (χ3v) is 7.26. The number of carbonyl (C=O) groups excluding carboxylic acids is 1. The van der Waals surface area contributed by atoms with Crippen molar-refractivity contribution in [3.05, 3.63) is 59.7 Å². The van der Waals surface area contributed by atoms with Crippen molar-refractivity contribution in [2.75, 3.05) is 13.7 Å². The number of piperidine rings is 1. The molecule has 1 heterocycles. The molecule has 0 unspecified atom stereocenters. The standard InChI is InChI=1S/C22H28N2O4S/c1-17-10-12-20(13-11-17)29(26,27)24-14-6-5-8-19(24)15-22(25)23-16-18-7-3-4-9-21(18)28-2/h3-4,7,9-13,19H,5-6,8,14-16H2,1-2H3,(H,23,25)/t19-/m1/s1. The SMILES string of the molecule is COc1ccccc1CNC(=O)C[C@H]1CCCCN1S(=O)(=O)c1ccc(C)cc1. The number of carbonyl (C=O) groups is 1. The monoisotopic (exact) mass is 416 g/mol. The van der Waals surface area contributed by atoms with E-state index in [4.69, 9.17) is 4.74 Å². The van der Waals surface area contributed by atoms with Crippen molar-refractivity contribution in [1.29, 1.82) is 0 Å². The number of hydrogen-bond donors (Lipinski definition) is 1. The van der Waals surface area contributed by atoms with Crippen LogP contribution in [-0.2, 0) is 21.4 Å². The highest BCUT2D eigenvalue weighted by Gasteiger charge is 2.34. The minimum absolute atomic E-state index is 0.153. The number of benzene rings is 2. The second-order valence-corrected chi connectivity index (χ2v) is 9.26. The van der Waals surface area contributed by atoms with Gasteiger partial charge in [0.1, 0.15) is 5.75 Å². The van der Waals surface area contributed by atoms with Crippen LogP contribution in [0.5, 0.6) is 5.75 Å². The number of aryl methyl sites for hydroxylation is 1. The van der Waals surface area contributed by atoms with Crippen molar-refractivity contribution in [3.63, 3.8) is 0 Å². The number of rotatable bonds is 7. The third-order valence-electron chi connectivity index (χ3n) is 5.29. The predicted molar refractivity (Wildman–Crippen MR) is 112 cm³/mol. The summed E-state index contributed by atoms with van der Waals surface area (Å²) < 4.78 is 33.1. The fourth-order valence-corrected chi connectivity index (χ4v) is 5.36. The first-order valence-corrected chi connectivity index (χ1v) is 11.3. The lowest BCUT2D eigenvalue weighted by molar-refractivity contribution is -0.122. The number of methoxy groups -OCH3 is 1. The average molecular weight is 417 g/mol. The lowest BCUT2D eigenvalue weighted by Crippen LogP contribution is -2.45. The Bertz CT molecular complexity index is 942. The molecule has 0 aromatic heterocycles. The average Bonchev–Trinajstić information content (AvgIpc) is 2.73. The number of ether oxygens (including phenoxy) is 1. The largest absolute Gasteiger partial charge is 0.496 e. The number of amides is 1. The van der Waals surface area contributed by atoms with Gasteiger partial charge in [0.25, 0.3) is 0 Å². The number of nitrogens with one attached hydrogen (secondary N) is 1. The number of hydrogen-bond acceptors (Lipinski definition) is 4. The van der Waals surface area contributed by atoms with Gasteiger partial charge in [0.05, 0.1) is 12.0 Å². The van der Waals surface area contributed by atoms with Crippen molar-refractivity contribution >= 4 is 15.9 Å². The van der Waals surface area contributed by atoms with Crippen molar-refractivity contribution in [2.24, 2.45) is 0 Å². The fourth-order valence-electron chi connectivity index (χ4n) is 3.67. The van der Waals surface area contributed by atoms with E-state index in [9.17, 15) is 13.2 Å². The normalized spacial score (nSPS) is 17.7. The number of sulfonamides is 1. The minimum atomic E-state index is -3.62. The van der Waals surface area contributed by atoms with Gasteiger partial charge in [-0.15, -0.1) is 0 Å². The lowest BCUT2D eigenvalue weighted by Gasteiger charge is -2.34. The zero-order chi connectivity index (χ0) is 20.9. The first kappa shape index (κ1) is 21.3. The molecule has 1 aliphatic rings. The van der Waals surface area contributed by atoms with Crippen LogP contribution in [0.4, 0.5) is 0 Å². The highest BCUT2D eigenvalue weighted by molar-refractivity contribution is 7.89. The summed E-state index contributed by atoms with van der Waals surface area (Å²) in [5.74, 6) is 0.556. The summed E-state index contributed by atoms with van der Waals surface area (Å²) in [6.07, 6.45) is 2.57. The zero-order valence-electron chi connectivity index (χ0n) is 16.9. The van der Waals surface area contributed by atoms with Gasteiger partial charge in [0.2, 0.25) is 15.9 Å². The van der Waals surface area contributed by atoms with Crippen LogP contribution in [0.2, 0.25) is 0 Å². The topological polar surface area (TPSA) is 75.7 Å².